The lowest BCUT2D eigenvalue weighted by Crippen LogP contribution is -2.51. The molecule has 2 aliphatic rings. The van der Waals surface area contributed by atoms with Crippen LogP contribution in [0.3, 0.4) is 0 Å². The van der Waals surface area contributed by atoms with E-state index < -0.39 is 0 Å². The highest BCUT2D eigenvalue weighted by Gasteiger charge is 2.40. The van der Waals surface area contributed by atoms with E-state index in [-0.39, 0.29) is 17.4 Å². The first kappa shape index (κ1) is 16.3. The smallest absolute Gasteiger partial charge is 0.225 e. The van der Waals surface area contributed by atoms with E-state index in [0.717, 1.165) is 44.5 Å². The highest BCUT2D eigenvalue weighted by molar-refractivity contribution is 5.78. The fourth-order valence-electron chi connectivity index (χ4n) is 3.83. The molecule has 0 bridgehead atoms. The molecule has 1 spiro atoms. The van der Waals surface area contributed by atoms with E-state index in [4.69, 9.17) is 4.74 Å². The minimum Gasteiger partial charge on any atom is -0.486 e. The molecule has 23 heavy (non-hydrogen) atoms. The molecule has 1 fully saturated rings. The summed E-state index contributed by atoms with van der Waals surface area (Å²) in [5.41, 5.74) is 1.11. The van der Waals surface area contributed by atoms with Gasteiger partial charge in [-0.05, 0) is 31.7 Å². The number of carbonyl (C=O) groups is 1. The van der Waals surface area contributed by atoms with Crippen LogP contribution in [0.4, 0.5) is 0 Å². The second kappa shape index (κ2) is 6.52. The summed E-state index contributed by atoms with van der Waals surface area (Å²) in [4.78, 5) is 14.2. The van der Waals surface area contributed by atoms with Crippen LogP contribution in [0.15, 0.2) is 24.3 Å². The van der Waals surface area contributed by atoms with Crippen molar-refractivity contribution in [2.24, 2.45) is 5.92 Å². The lowest BCUT2D eigenvalue weighted by atomic mass is 9.81. The van der Waals surface area contributed by atoms with Gasteiger partial charge in [0.1, 0.15) is 11.4 Å². The van der Waals surface area contributed by atoms with Crippen molar-refractivity contribution >= 4 is 5.91 Å². The summed E-state index contributed by atoms with van der Waals surface area (Å²) in [6.07, 6.45) is 4.01. The zero-order valence-electron chi connectivity index (χ0n) is 14.5. The maximum atomic E-state index is 12.2. The summed E-state index contributed by atoms with van der Waals surface area (Å²) in [6.45, 7) is 5.69. The molecule has 1 amide bonds. The van der Waals surface area contributed by atoms with Crippen LogP contribution in [0, 0.1) is 5.92 Å². The molecule has 1 aliphatic heterocycles. The number of hydrogen-bond donors (Lipinski definition) is 1. The first-order valence-electron chi connectivity index (χ1n) is 8.75. The maximum absolute atomic E-state index is 12.2. The van der Waals surface area contributed by atoms with Gasteiger partial charge in [-0.15, -0.1) is 0 Å². The Kier molecular flexibility index (Phi) is 4.62. The quantitative estimate of drug-likeness (QED) is 0.912. The molecule has 1 aromatic carbocycles. The summed E-state index contributed by atoms with van der Waals surface area (Å²) >= 11 is 0. The van der Waals surface area contributed by atoms with E-state index in [1.54, 1.807) is 0 Å². The van der Waals surface area contributed by atoms with Gasteiger partial charge in [-0.2, -0.15) is 0 Å². The fraction of sp³-hybridized carbons (Fsp3) is 0.632. The fourth-order valence-corrected chi connectivity index (χ4v) is 3.83. The van der Waals surface area contributed by atoms with E-state index in [9.17, 15) is 4.79 Å². The monoisotopic (exact) mass is 316 g/mol. The van der Waals surface area contributed by atoms with Crippen molar-refractivity contribution in [3.05, 3.63) is 29.8 Å². The van der Waals surface area contributed by atoms with Crippen LogP contribution in [0.1, 0.15) is 45.1 Å². The minimum atomic E-state index is -0.120. The highest BCUT2D eigenvalue weighted by Crippen LogP contribution is 2.37. The molecule has 0 atom stereocenters. The van der Waals surface area contributed by atoms with Gasteiger partial charge in [-0.3, -0.25) is 4.79 Å². The molecule has 1 aliphatic carbocycles. The van der Waals surface area contributed by atoms with Crippen LogP contribution in [0.5, 0.6) is 5.75 Å². The Morgan fingerprint density at radius 1 is 1.30 bits per heavy atom. The Morgan fingerprint density at radius 2 is 2.00 bits per heavy atom. The molecule has 1 saturated carbocycles. The first-order chi connectivity index (χ1) is 11.0. The molecule has 4 heteroatoms. The predicted molar refractivity (Wildman–Crippen MR) is 91.4 cm³/mol. The largest absolute Gasteiger partial charge is 0.486 e. The lowest BCUT2D eigenvalue weighted by molar-refractivity contribution is -0.136. The van der Waals surface area contributed by atoms with Crippen LogP contribution < -0.4 is 10.1 Å². The van der Waals surface area contributed by atoms with Crippen molar-refractivity contribution in [1.29, 1.82) is 0 Å². The molecule has 1 aromatic rings. The SMILES string of the molecule is CC(C)C(=O)N(C)C1CCC2(CC1)CNCc1ccccc1O2. The summed E-state index contributed by atoms with van der Waals surface area (Å²) in [6, 6.07) is 8.65. The maximum Gasteiger partial charge on any atom is 0.225 e. The Balaban J connectivity index is 1.67. The van der Waals surface area contributed by atoms with Crippen LogP contribution >= 0.6 is 0 Å². The minimum absolute atomic E-state index is 0.0681. The number of rotatable bonds is 2. The number of carbonyl (C=O) groups excluding carboxylic acids is 1. The zero-order chi connectivity index (χ0) is 16.4. The molecule has 0 radical (unpaired) electrons. The Labute approximate surface area is 139 Å². The van der Waals surface area contributed by atoms with Crippen LogP contribution in [-0.2, 0) is 11.3 Å². The van der Waals surface area contributed by atoms with Crippen molar-refractivity contribution in [1.82, 2.24) is 10.2 Å². The topological polar surface area (TPSA) is 41.6 Å². The molecule has 3 rings (SSSR count). The molecule has 0 unspecified atom stereocenters. The summed E-state index contributed by atoms with van der Waals surface area (Å²) < 4.78 is 6.46. The lowest BCUT2D eigenvalue weighted by Gasteiger charge is -2.42. The third kappa shape index (κ3) is 3.37. The van der Waals surface area contributed by atoms with E-state index in [1.165, 1.54) is 5.56 Å². The van der Waals surface area contributed by atoms with Gasteiger partial charge in [0.25, 0.3) is 0 Å². The number of para-hydroxylation sites is 1. The highest BCUT2D eigenvalue weighted by atomic mass is 16.5. The average molecular weight is 316 g/mol. The van der Waals surface area contributed by atoms with Gasteiger partial charge < -0.3 is 15.0 Å². The van der Waals surface area contributed by atoms with Crippen LogP contribution in [0.2, 0.25) is 0 Å². The van der Waals surface area contributed by atoms with E-state index in [2.05, 4.69) is 23.5 Å². The third-order valence-corrected chi connectivity index (χ3v) is 5.32. The van der Waals surface area contributed by atoms with Crippen molar-refractivity contribution in [2.75, 3.05) is 13.6 Å². The molecule has 1 heterocycles. The van der Waals surface area contributed by atoms with Gasteiger partial charge in [0, 0.05) is 37.7 Å². The molecular weight excluding hydrogens is 288 g/mol. The third-order valence-electron chi connectivity index (χ3n) is 5.32. The zero-order valence-corrected chi connectivity index (χ0v) is 14.5. The van der Waals surface area contributed by atoms with Crippen LogP contribution in [0.25, 0.3) is 0 Å². The second-order valence-corrected chi connectivity index (χ2v) is 7.33. The van der Waals surface area contributed by atoms with Gasteiger partial charge in [0.2, 0.25) is 5.91 Å². The number of benzene rings is 1. The average Bonchev–Trinajstić information content (AvgIpc) is 2.73. The van der Waals surface area contributed by atoms with Gasteiger partial charge >= 0.3 is 0 Å². The van der Waals surface area contributed by atoms with E-state index >= 15 is 0 Å². The van der Waals surface area contributed by atoms with Crippen molar-refractivity contribution < 1.29 is 9.53 Å². The van der Waals surface area contributed by atoms with Crippen molar-refractivity contribution in [2.45, 2.75) is 57.7 Å². The summed E-state index contributed by atoms with van der Waals surface area (Å²) in [7, 11) is 1.95. The molecule has 126 valence electrons. The van der Waals surface area contributed by atoms with E-state index in [0.29, 0.717) is 6.04 Å². The van der Waals surface area contributed by atoms with Gasteiger partial charge in [-0.25, -0.2) is 0 Å². The number of nitrogens with one attached hydrogen (secondary N) is 1. The second-order valence-electron chi connectivity index (χ2n) is 7.33. The number of fused-ring (bicyclic) bond motifs is 1. The first-order valence-corrected chi connectivity index (χ1v) is 8.75. The van der Waals surface area contributed by atoms with Crippen molar-refractivity contribution in [3.63, 3.8) is 0 Å². The number of nitrogens with zero attached hydrogens (tertiary/aromatic N) is 1. The Bertz CT molecular complexity index is 562. The predicted octanol–water partition coefficient (Wildman–Crippen LogP) is 2.96. The normalized spacial score (nSPS) is 27.2. The molecular formula is C19H28N2O2. The molecule has 0 saturated heterocycles. The van der Waals surface area contributed by atoms with E-state index in [1.807, 2.05) is 31.9 Å². The summed E-state index contributed by atoms with van der Waals surface area (Å²) in [5, 5.41) is 3.54. The Morgan fingerprint density at radius 3 is 2.70 bits per heavy atom. The summed E-state index contributed by atoms with van der Waals surface area (Å²) in [5.74, 6) is 1.33. The number of amides is 1. The Hall–Kier alpha value is -1.55. The number of ether oxygens (including phenoxy) is 1. The molecule has 0 aromatic heterocycles. The van der Waals surface area contributed by atoms with Crippen LogP contribution in [-0.4, -0.2) is 36.0 Å². The van der Waals surface area contributed by atoms with Crippen molar-refractivity contribution in [3.8, 4) is 5.75 Å². The van der Waals surface area contributed by atoms with Gasteiger partial charge in [0.05, 0.1) is 0 Å². The van der Waals surface area contributed by atoms with Gasteiger partial charge in [0.15, 0.2) is 0 Å². The molecule has 1 N–H and O–H groups in total. The standard InChI is InChI=1S/C19H28N2O2/c1-14(2)18(22)21(3)16-8-10-19(11-9-16)13-20-12-15-6-4-5-7-17(15)23-19/h4-7,14,16,20H,8-13H2,1-3H3. The molecule has 4 nitrogen and oxygen atoms in total. The van der Waals surface area contributed by atoms with Gasteiger partial charge in [-0.1, -0.05) is 32.0 Å². The number of hydrogen-bond acceptors (Lipinski definition) is 3.